The SMILES string of the molecule is N#Cc1c[nH]c2ccc(Oc3ccc(NC(=O)CN)cc3)cc12. The number of nitrogens with zero attached hydrogens (tertiary/aromatic N) is 1. The number of amides is 1. The first-order valence-electron chi connectivity index (χ1n) is 6.98. The standard InChI is InChI=1S/C17H14N4O2/c18-8-11-10-20-16-6-5-14(7-15(11)16)23-13-3-1-12(2-4-13)21-17(22)9-19/h1-7,10,20H,9,19H2,(H,21,22). The van der Waals surface area contributed by atoms with Crippen LogP contribution in [0.1, 0.15) is 5.56 Å². The molecule has 0 atom stereocenters. The molecule has 1 amide bonds. The number of H-pyrrole nitrogens is 1. The minimum absolute atomic E-state index is 0.0594. The molecule has 1 aromatic heterocycles. The summed E-state index contributed by atoms with van der Waals surface area (Å²) in [6.45, 7) is -0.0594. The number of aromatic nitrogens is 1. The summed E-state index contributed by atoms with van der Waals surface area (Å²) in [5.41, 5.74) is 7.36. The molecule has 0 unspecified atom stereocenters. The summed E-state index contributed by atoms with van der Waals surface area (Å²) in [4.78, 5) is 14.3. The lowest BCUT2D eigenvalue weighted by molar-refractivity contribution is -0.114. The second kappa shape index (κ2) is 6.22. The van der Waals surface area contributed by atoms with Gasteiger partial charge in [0.1, 0.15) is 17.6 Å². The molecule has 114 valence electrons. The number of rotatable bonds is 4. The van der Waals surface area contributed by atoms with E-state index >= 15 is 0 Å². The number of anilines is 1. The Hall–Kier alpha value is -3.30. The van der Waals surface area contributed by atoms with Gasteiger partial charge in [0, 0.05) is 22.8 Å². The average Bonchev–Trinajstić information content (AvgIpc) is 2.99. The molecule has 0 bridgehead atoms. The van der Waals surface area contributed by atoms with Crippen molar-refractivity contribution in [1.29, 1.82) is 5.26 Å². The largest absolute Gasteiger partial charge is 0.457 e. The number of nitrogens with one attached hydrogen (secondary N) is 2. The predicted octanol–water partition coefficient (Wildman–Crippen LogP) is 2.73. The average molecular weight is 306 g/mol. The third kappa shape index (κ3) is 3.15. The van der Waals surface area contributed by atoms with Gasteiger partial charge < -0.3 is 20.8 Å². The maximum Gasteiger partial charge on any atom is 0.238 e. The van der Waals surface area contributed by atoms with E-state index in [9.17, 15) is 4.79 Å². The van der Waals surface area contributed by atoms with E-state index < -0.39 is 0 Å². The van der Waals surface area contributed by atoms with Crippen molar-refractivity contribution in [3.05, 3.63) is 54.2 Å². The Balaban J connectivity index is 1.79. The van der Waals surface area contributed by atoms with Gasteiger partial charge in [-0.05, 0) is 42.5 Å². The number of benzene rings is 2. The Morgan fingerprint density at radius 1 is 1.22 bits per heavy atom. The zero-order valence-electron chi connectivity index (χ0n) is 12.2. The van der Waals surface area contributed by atoms with Gasteiger partial charge in [0.05, 0.1) is 12.1 Å². The van der Waals surface area contributed by atoms with Gasteiger partial charge in [0.15, 0.2) is 0 Å². The van der Waals surface area contributed by atoms with Crippen LogP contribution in [0.3, 0.4) is 0 Å². The van der Waals surface area contributed by atoms with Gasteiger partial charge in [-0.2, -0.15) is 5.26 Å². The van der Waals surface area contributed by atoms with Gasteiger partial charge in [0.2, 0.25) is 5.91 Å². The Morgan fingerprint density at radius 2 is 1.96 bits per heavy atom. The number of ether oxygens (including phenoxy) is 1. The lowest BCUT2D eigenvalue weighted by atomic mass is 10.2. The Bertz CT molecular complexity index is 891. The molecule has 0 spiro atoms. The van der Waals surface area contributed by atoms with E-state index in [4.69, 9.17) is 15.7 Å². The van der Waals surface area contributed by atoms with Crippen LogP contribution < -0.4 is 15.8 Å². The number of nitrogens with two attached hydrogens (primary N) is 1. The van der Waals surface area contributed by atoms with Crippen molar-refractivity contribution in [2.75, 3.05) is 11.9 Å². The van der Waals surface area contributed by atoms with E-state index in [1.165, 1.54) is 0 Å². The number of nitriles is 1. The molecule has 23 heavy (non-hydrogen) atoms. The first-order chi connectivity index (χ1) is 11.2. The van der Waals surface area contributed by atoms with Crippen LogP contribution in [0.15, 0.2) is 48.7 Å². The van der Waals surface area contributed by atoms with Gasteiger partial charge in [-0.1, -0.05) is 0 Å². The van der Waals surface area contributed by atoms with Gasteiger partial charge >= 0.3 is 0 Å². The van der Waals surface area contributed by atoms with Gasteiger partial charge in [-0.25, -0.2) is 0 Å². The molecule has 6 heteroatoms. The molecular weight excluding hydrogens is 292 g/mol. The van der Waals surface area contributed by atoms with Crippen LogP contribution >= 0.6 is 0 Å². The van der Waals surface area contributed by atoms with Crippen LogP contribution in [-0.2, 0) is 4.79 Å². The lowest BCUT2D eigenvalue weighted by Gasteiger charge is -2.08. The van der Waals surface area contributed by atoms with Crippen molar-refractivity contribution in [2.45, 2.75) is 0 Å². The molecule has 3 aromatic rings. The molecule has 6 nitrogen and oxygen atoms in total. The van der Waals surface area contributed by atoms with E-state index in [2.05, 4.69) is 16.4 Å². The fraction of sp³-hybridized carbons (Fsp3) is 0.0588. The maximum atomic E-state index is 11.2. The molecule has 0 fully saturated rings. The molecule has 0 saturated carbocycles. The van der Waals surface area contributed by atoms with Crippen LogP contribution in [0.5, 0.6) is 11.5 Å². The minimum Gasteiger partial charge on any atom is -0.457 e. The van der Waals surface area contributed by atoms with Gasteiger partial charge in [0.25, 0.3) is 0 Å². The molecule has 2 aromatic carbocycles. The van der Waals surface area contributed by atoms with Crippen molar-refractivity contribution >= 4 is 22.5 Å². The predicted molar refractivity (Wildman–Crippen MR) is 87.2 cm³/mol. The molecule has 0 radical (unpaired) electrons. The highest BCUT2D eigenvalue weighted by Crippen LogP contribution is 2.27. The lowest BCUT2D eigenvalue weighted by Crippen LogP contribution is -2.21. The minimum atomic E-state index is -0.249. The summed E-state index contributed by atoms with van der Waals surface area (Å²) < 4.78 is 5.78. The van der Waals surface area contributed by atoms with Gasteiger partial charge in [-0.15, -0.1) is 0 Å². The van der Waals surface area contributed by atoms with Crippen molar-refractivity contribution in [3.63, 3.8) is 0 Å². The highest BCUT2D eigenvalue weighted by Gasteiger charge is 2.06. The van der Waals surface area contributed by atoms with Crippen molar-refractivity contribution < 1.29 is 9.53 Å². The number of hydrogen-bond donors (Lipinski definition) is 3. The topological polar surface area (TPSA) is 104 Å². The van der Waals surface area contributed by atoms with Crippen LogP contribution in [0.4, 0.5) is 5.69 Å². The van der Waals surface area contributed by atoms with E-state index in [-0.39, 0.29) is 12.5 Å². The first-order valence-corrected chi connectivity index (χ1v) is 6.98. The summed E-state index contributed by atoms with van der Waals surface area (Å²) in [7, 11) is 0. The maximum absolute atomic E-state index is 11.2. The molecule has 0 aliphatic heterocycles. The summed E-state index contributed by atoms with van der Waals surface area (Å²) in [5.74, 6) is 1.01. The number of carbonyl (C=O) groups excluding carboxylic acids is 1. The van der Waals surface area contributed by atoms with Gasteiger partial charge in [-0.3, -0.25) is 4.79 Å². The second-order valence-electron chi connectivity index (χ2n) is 4.90. The van der Waals surface area contributed by atoms with Crippen molar-refractivity contribution in [3.8, 4) is 17.6 Å². The Labute approximate surface area is 132 Å². The molecule has 0 aliphatic carbocycles. The molecule has 0 aliphatic rings. The highest BCUT2D eigenvalue weighted by molar-refractivity contribution is 5.92. The Kier molecular flexibility index (Phi) is 3.95. The number of carbonyl (C=O) groups is 1. The fourth-order valence-corrected chi connectivity index (χ4v) is 2.21. The number of fused-ring (bicyclic) bond motifs is 1. The van der Waals surface area contributed by atoms with Crippen molar-refractivity contribution in [2.24, 2.45) is 5.73 Å². The van der Waals surface area contributed by atoms with Crippen LogP contribution in [0, 0.1) is 11.3 Å². The van der Waals surface area contributed by atoms with E-state index in [0.717, 1.165) is 10.9 Å². The summed E-state index contributed by atoms with van der Waals surface area (Å²) in [5, 5.41) is 12.5. The zero-order valence-corrected chi connectivity index (χ0v) is 12.2. The summed E-state index contributed by atoms with van der Waals surface area (Å²) in [6.07, 6.45) is 1.67. The normalized spacial score (nSPS) is 10.3. The zero-order chi connectivity index (χ0) is 16.2. The van der Waals surface area contributed by atoms with E-state index in [1.807, 2.05) is 18.2 Å². The summed E-state index contributed by atoms with van der Waals surface area (Å²) in [6, 6.07) is 14.6. The van der Waals surface area contributed by atoms with E-state index in [1.54, 1.807) is 30.5 Å². The second-order valence-corrected chi connectivity index (χ2v) is 4.90. The monoisotopic (exact) mass is 306 g/mol. The Morgan fingerprint density at radius 3 is 2.65 bits per heavy atom. The van der Waals surface area contributed by atoms with Crippen LogP contribution in [-0.4, -0.2) is 17.4 Å². The van der Waals surface area contributed by atoms with E-state index in [0.29, 0.717) is 22.7 Å². The highest BCUT2D eigenvalue weighted by atomic mass is 16.5. The van der Waals surface area contributed by atoms with Crippen LogP contribution in [0.25, 0.3) is 10.9 Å². The molecule has 4 N–H and O–H groups in total. The summed E-state index contributed by atoms with van der Waals surface area (Å²) >= 11 is 0. The molecule has 0 saturated heterocycles. The molecular formula is C17H14N4O2. The molecule has 3 rings (SSSR count). The quantitative estimate of drug-likeness (QED) is 0.689. The third-order valence-corrected chi connectivity index (χ3v) is 3.33. The number of aromatic amines is 1. The third-order valence-electron chi connectivity index (χ3n) is 3.33. The first kappa shape index (κ1) is 14.6. The molecule has 1 heterocycles. The smallest absolute Gasteiger partial charge is 0.238 e. The fourth-order valence-electron chi connectivity index (χ4n) is 2.21. The van der Waals surface area contributed by atoms with Crippen molar-refractivity contribution in [1.82, 2.24) is 4.98 Å². The van der Waals surface area contributed by atoms with Crippen LogP contribution in [0.2, 0.25) is 0 Å². The number of hydrogen-bond acceptors (Lipinski definition) is 4.